The third-order valence-corrected chi connectivity index (χ3v) is 4.58. The lowest BCUT2D eigenvalue weighted by atomic mass is 9.80. The zero-order valence-corrected chi connectivity index (χ0v) is 15.7. The lowest BCUT2D eigenvalue weighted by Gasteiger charge is -2.23. The van der Waals surface area contributed by atoms with Crippen LogP contribution >= 0.6 is 0 Å². The molecule has 3 aromatic rings. The lowest BCUT2D eigenvalue weighted by Crippen LogP contribution is -2.01. The molecule has 0 amide bonds. The fourth-order valence-electron chi connectivity index (χ4n) is 3.49. The standard InChI is InChI=1S/C24H20.C2H6/c1-4-11-19(12-5-1)22-17-10-18-23(20-13-6-2-7-14-20)24(22)21-15-8-3-9-16-21;1-2/h1-9,11-17H,10,18H2;1-2H3. The normalized spacial score (nSPS) is 13.5. The molecule has 26 heavy (non-hydrogen) atoms. The van der Waals surface area contributed by atoms with Crippen LogP contribution in [0.1, 0.15) is 43.4 Å². The molecule has 130 valence electrons. The van der Waals surface area contributed by atoms with Crippen molar-refractivity contribution >= 4 is 16.7 Å². The summed E-state index contributed by atoms with van der Waals surface area (Å²) in [5.74, 6) is 0. The van der Waals surface area contributed by atoms with Crippen molar-refractivity contribution < 1.29 is 0 Å². The first-order valence-corrected chi connectivity index (χ1v) is 9.53. The molecule has 0 N–H and O–H groups in total. The molecule has 0 aromatic heterocycles. The Morgan fingerprint density at radius 3 is 1.54 bits per heavy atom. The van der Waals surface area contributed by atoms with Crippen molar-refractivity contribution in [2.24, 2.45) is 0 Å². The molecule has 0 saturated carbocycles. The summed E-state index contributed by atoms with van der Waals surface area (Å²) in [5.41, 5.74) is 8.10. The molecule has 4 rings (SSSR count). The minimum atomic E-state index is 1.09. The van der Waals surface area contributed by atoms with Crippen LogP contribution in [0.5, 0.6) is 0 Å². The Labute approximate surface area is 157 Å². The molecule has 0 spiro atoms. The fraction of sp³-hybridized carbons (Fsp3) is 0.154. The van der Waals surface area contributed by atoms with E-state index < -0.39 is 0 Å². The number of allylic oxidation sites excluding steroid dienone is 4. The molecule has 0 saturated heterocycles. The molecule has 0 unspecified atom stereocenters. The van der Waals surface area contributed by atoms with Gasteiger partial charge in [-0.2, -0.15) is 0 Å². The van der Waals surface area contributed by atoms with Crippen molar-refractivity contribution in [2.45, 2.75) is 26.7 Å². The van der Waals surface area contributed by atoms with Crippen molar-refractivity contribution in [2.75, 3.05) is 0 Å². The zero-order valence-electron chi connectivity index (χ0n) is 15.7. The molecule has 3 aromatic carbocycles. The third-order valence-electron chi connectivity index (χ3n) is 4.58. The highest BCUT2D eigenvalue weighted by Gasteiger charge is 2.19. The van der Waals surface area contributed by atoms with Crippen molar-refractivity contribution in [1.29, 1.82) is 0 Å². The van der Waals surface area contributed by atoms with Gasteiger partial charge in [-0.15, -0.1) is 0 Å². The van der Waals surface area contributed by atoms with E-state index in [-0.39, 0.29) is 0 Å². The van der Waals surface area contributed by atoms with Crippen LogP contribution in [0.2, 0.25) is 0 Å². The van der Waals surface area contributed by atoms with Gasteiger partial charge in [-0.1, -0.05) is 111 Å². The van der Waals surface area contributed by atoms with Gasteiger partial charge in [-0.05, 0) is 46.3 Å². The largest absolute Gasteiger partial charge is 0.0757 e. The second-order valence-corrected chi connectivity index (χ2v) is 6.11. The molecule has 1 aliphatic rings. The Bertz CT molecular complexity index is 869. The third kappa shape index (κ3) is 3.86. The molecule has 0 heterocycles. The number of hydrogen-bond acceptors (Lipinski definition) is 0. The average Bonchev–Trinajstić information content (AvgIpc) is 2.76. The Morgan fingerprint density at radius 1 is 0.538 bits per heavy atom. The van der Waals surface area contributed by atoms with Gasteiger partial charge in [-0.3, -0.25) is 0 Å². The summed E-state index contributed by atoms with van der Waals surface area (Å²) in [7, 11) is 0. The van der Waals surface area contributed by atoms with E-state index in [9.17, 15) is 0 Å². The predicted octanol–water partition coefficient (Wildman–Crippen LogP) is 7.50. The monoisotopic (exact) mass is 338 g/mol. The van der Waals surface area contributed by atoms with Crippen molar-refractivity contribution in [3.63, 3.8) is 0 Å². The first-order chi connectivity index (χ1) is 12.9. The first-order valence-electron chi connectivity index (χ1n) is 9.53. The lowest BCUT2D eigenvalue weighted by molar-refractivity contribution is 1.06. The number of benzene rings is 3. The first kappa shape index (κ1) is 17.9. The van der Waals surface area contributed by atoms with Gasteiger partial charge in [0.25, 0.3) is 0 Å². The van der Waals surface area contributed by atoms with Crippen molar-refractivity contribution in [3.8, 4) is 0 Å². The van der Waals surface area contributed by atoms with Crippen LogP contribution in [0.25, 0.3) is 16.7 Å². The van der Waals surface area contributed by atoms with Gasteiger partial charge in [0.1, 0.15) is 0 Å². The van der Waals surface area contributed by atoms with Gasteiger partial charge in [-0.25, -0.2) is 0 Å². The van der Waals surface area contributed by atoms with Crippen LogP contribution in [0.3, 0.4) is 0 Å². The molecular weight excluding hydrogens is 312 g/mol. The smallest absolute Gasteiger partial charge is 0.00704 e. The van der Waals surface area contributed by atoms with Crippen LogP contribution in [0.15, 0.2) is 97.1 Å². The van der Waals surface area contributed by atoms with Crippen molar-refractivity contribution in [3.05, 3.63) is 114 Å². The fourth-order valence-corrected chi connectivity index (χ4v) is 3.49. The van der Waals surface area contributed by atoms with Crippen LogP contribution in [-0.2, 0) is 0 Å². The summed E-state index contributed by atoms with van der Waals surface area (Å²) in [6, 6.07) is 32.3. The Balaban J connectivity index is 0.000000948. The second-order valence-electron chi connectivity index (χ2n) is 6.11. The summed E-state index contributed by atoms with van der Waals surface area (Å²) in [4.78, 5) is 0. The van der Waals surface area contributed by atoms with E-state index in [2.05, 4.69) is 97.1 Å². The number of rotatable bonds is 3. The van der Waals surface area contributed by atoms with E-state index in [0.29, 0.717) is 0 Å². The van der Waals surface area contributed by atoms with Gasteiger partial charge in [0.05, 0.1) is 0 Å². The van der Waals surface area contributed by atoms with E-state index >= 15 is 0 Å². The maximum atomic E-state index is 2.39. The molecule has 0 heteroatoms. The molecule has 1 aliphatic carbocycles. The summed E-state index contributed by atoms with van der Waals surface area (Å²) < 4.78 is 0. The van der Waals surface area contributed by atoms with Gasteiger partial charge in [0.15, 0.2) is 0 Å². The summed E-state index contributed by atoms with van der Waals surface area (Å²) in [6.45, 7) is 4.00. The maximum absolute atomic E-state index is 2.39. The molecule has 0 radical (unpaired) electrons. The summed E-state index contributed by atoms with van der Waals surface area (Å²) >= 11 is 0. The molecule has 0 bridgehead atoms. The van der Waals surface area contributed by atoms with Gasteiger partial charge < -0.3 is 0 Å². The minimum Gasteiger partial charge on any atom is -0.0757 e. The second kappa shape index (κ2) is 9.01. The molecular formula is C26H26. The maximum Gasteiger partial charge on any atom is -0.00704 e. The van der Waals surface area contributed by atoms with E-state index in [4.69, 9.17) is 0 Å². The highest BCUT2D eigenvalue weighted by atomic mass is 14.2. The Morgan fingerprint density at radius 2 is 1.00 bits per heavy atom. The van der Waals surface area contributed by atoms with E-state index in [1.54, 1.807) is 0 Å². The van der Waals surface area contributed by atoms with Gasteiger partial charge >= 0.3 is 0 Å². The topological polar surface area (TPSA) is 0 Å². The van der Waals surface area contributed by atoms with Crippen LogP contribution in [-0.4, -0.2) is 0 Å². The highest BCUT2D eigenvalue weighted by Crippen LogP contribution is 2.42. The zero-order chi connectivity index (χ0) is 18.2. The SMILES string of the molecule is C1=C(c2ccccc2)C(c2ccccc2)=C(c2ccccc2)CC1.CC. The van der Waals surface area contributed by atoms with E-state index in [1.165, 1.54) is 33.4 Å². The van der Waals surface area contributed by atoms with Crippen LogP contribution in [0, 0.1) is 0 Å². The Hall–Kier alpha value is -2.86. The summed E-state index contributed by atoms with van der Waals surface area (Å²) in [5, 5.41) is 0. The molecule has 0 atom stereocenters. The van der Waals surface area contributed by atoms with Crippen LogP contribution in [0.4, 0.5) is 0 Å². The number of hydrogen-bond donors (Lipinski definition) is 0. The Kier molecular flexibility index (Phi) is 6.22. The van der Waals surface area contributed by atoms with E-state index in [0.717, 1.165) is 12.8 Å². The van der Waals surface area contributed by atoms with Gasteiger partial charge in [0, 0.05) is 0 Å². The summed E-state index contributed by atoms with van der Waals surface area (Å²) in [6.07, 6.45) is 4.57. The quantitative estimate of drug-likeness (QED) is 0.464. The molecule has 0 fully saturated rings. The van der Waals surface area contributed by atoms with Crippen molar-refractivity contribution in [1.82, 2.24) is 0 Å². The van der Waals surface area contributed by atoms with E-state index in [1.807, 2.05) is 13.8 Å². The van der Waals surface area contributed by atoms with Crippen LogP contribution < -0.4 is 0 Å². The van der Waals surface area contributed by atoms with Gasteiger partial charge in [0.2, 0.25) is 0 Å². The predicted molar refractivity (Wildman–Crippen MR) is 115 cm³/mol. The highest BCUT2D eigenvalue weighted by molar-refractivity contribution is 6.15. The average molecular weight is 338 g/mol. The molecule has 0 aliphatic heterocycles. The minimum absolute atomic E-state index is 1.09. The molecule has 0 nitrogen and oxygen atoms in total.